The largest absolute Gasteiger partial charge is 0.456 e. The number of fused-ring (bicyclic) bond motifs is 1. The van der Waals surface area contributed by atoms with Crippen molar-refractivity contribution < 1.29 is 19.1 Å². The van der Waals surface area contributed by atoms with Gasteiger partial charge in [-0.15, -0.1) is 0 Å². The third-order valence-corrected chi connectivity index (χ3v) is 5.03. The van der Waals surface area contributed by atoms with Crippen molar-refractivity contribution in [3.8, 4) is 0 Å². The molecule has 0 unspecified atom stereocenters. The first-order valence-corrected chi connectivity index (χ1v) is 10.1. The fourth-order valence-corrected chi connectivity index (χ4v) is 2.99. The Hall–Kier alpha value is -4.02. The number of ether oxygens (including phenoxy) is 1. The number of amides is 1. The normalized spacial score (nSPS) is 11.4. The molecule has 2 heterocycles. The fraction of sp³-hybridized carbons (Fsp3) is 0.364. The minimum absolute atomic E-state index is 0.0794. The van der Waals surface area contributed by atoms with Crippen molar-refractivity contribution in [2.24, 2.45) is 19.5 Å². The van der Waals surface area contributed by atoms with E-state index < -0.39 is 35.0 Å². The first-order valence-electron chi connectivity index (χ1n) is 10.1. The second-order valence-corrected chi connectivity index (χ2v) is 8.62. The van der Waals surface area contributed by atoms with Crippen LogP contribution < -0.4 is 16.6 Å². The number of esters is 1. The number of imidazole rings is 1. The van der Waals surface area contributed by atoms with Crippen LogP contribution in [0.3, 0.4) is 0 Å². The summed E-state index contributed by atoms with van der Waals surface area (Å²) in [7, 11) is 2.80. The number of aryl methyl sites for hydroxylation is 1. The topological polar surface area (TPSA) is 134 Å². The molecule has 0 saturated carbocycles. The van der Waals surface area contributed by atoms with Gasteiger partial charge in [0.15, 0.2) is 23.6 Å². The van der Waals surface area contributed by atoms with Crippen molar-refractivity contribution in [3.05, 3.63) is 57.0 Å². The van der Waals surface area contributed by atoms with Crippen molar-refractivity contribution in [3.63, 3.8) is 0 Å². The maximum atomic E-state index is 12.4. The van der Waals surface area contributed by atoms with Gasteiger partial charge in [0.05, 0.1) is 6.33 Å². The standard InChI is InChI=1S/C22H25N5O6/c1-22(2,3)20(31)24-14-8-6-13(7-9-14)15(28)11-33-16(29)10-27-12-23-18-17(27)19(30)26(5)21(32)25(18)4/h6-9,12H,10-11H2,1-5H3,(H,24,31). The molecule has 3 rings (SSSR count). The van der Waals surface area contributed by atoms with Gasteiger partial charge in [-0.1, -0.05) is 20.8 Å². The van der Waals surface area contributed by atoms with Crippen LogP contribution in [0.1, 0.15) is 31.1 Å². The summed E-state index contributed by atoms with van der Waals surface area (Å²) in [6.45, 7) is 4.53. The highest BCUT2D eigenvalue weighted by atomic mass is 16.5. The number of hydrogen-bond donors (Lipinski definition) is 1. The molecule has 11 nitrogen and oxygen atoms in total. The lowest BCUT2D eigenvalue weighted by atomic mass is 9.95. The van der Waals surface area contributed by atoms with Crippen LogP contribution >= 0.6 is 0 Å². The molecule has 0 aliphatic rings. The van der Waals surface area contributed by atoms with E-state index in [0.717, 1.165) is 4.57 Å². The number of aromatic nitrogens is 4. The maximum absolute atomic E-state index is 12.4. The highest BCUT2D eigenvalue weighted by molar-refractivity contribution is 5.99. The Balaban J connectivity index is 1.64. The zero-order valence-electron chi connectivity index (χ0n) is 19.0. The van der Waals surface area contributed by atoms with Crippen molar-refractivity contribution in [2.45, 2.75) is 27.3 Å². The monoisotopic (exact) mass is 455 g/mol. The minimum Gasteiger partial charge on any atom is -0.456 e. The number of rotatable bonds is 6. The summed E-state index contributed by atoms with van der Waals surface area (Å²) in [5.41, 5.74) is -0.591. The van der Waals surface area contributed by atoms with E-state index in [4.69, 9.17) is 4.74 Å². The number of carbonyl (C=O) groups excluding carboxylic acids is 3. The summed E-state index contributed by atoms with van der Waals surface area (Å²) < 4.78 is 8.46. The van der Waals surface area contributed by atoms with E-state index in [9.17, 15) is 24.0 Å². The predicted octanol–water partition coefficient (Wildman–Crippen LogP) is 0.844. The number of nitrogens with zero attached hydrogens (tertiary/aromatic N) is 4. The lowest BCUT2D eigenvalue weighted by molar-refractivity contribution is -0.143. The van der Waals surface area contributed by atoms with Gasteiger partial charge in [-0.2, -0.15) is 0 Å². The Bertz CT molecular complexity index is 1360. The molecule has 1 N–H and O–H groups in total. The van der Waals surface area contributed by atoms with Gasteiger partial charge >= 0.3 is 11.7 Å². The average Bonchev–Trinajstić information content (AvgIpc) is 3.18. The number of Topliss-reactive ketones (excluding diaryl/α,β-unsaturated/α-hetero) is 1. The molecule has 0 atom stereocenters. The molecule has 0 bridgehead atoms. The Labute approximate surface area is 188 Å². The molecule has 3 aromatic rings. The molecule has 11 heteroatoms. The van der Waals surface area contributed by atoms with Gasteiger partial charge in [0.2, 0.25) is 5.91 Å². The van der Waals surface area contributed by atoms with E-state index in [1.54, 1.807) is 32.9 Å². The lowest BCUT2D eigenvalue weighted by Crippen LogP contribution is -2.37. The molecule has 0 aliphatic heterocycles. The van der Waals surface area contributed by atoms with Gasteiger partial charge in [0, 0.05) is 30.8 Å². The van der Waals surface area contributed by atoms with Crippen molar-refractivity contribution in [1.82, 2.24) is 18.7 Å². The van der Waals surface area contributed by atoms with E-state index in [1.165, 1.54) is 41.7 Å². The van der Waals surface area contributed by atoms with Gasteiger partial charge in [0.25, 0.3) is 5.56 Å². The minimum atomic E-state index is -0.743. The molecule has 33 heavy (non-hydrogen) atoms. The molecular weight excluding hydrogens is 430 g/mol. The number of benzene rings is 1. The zero-order chi connectivity index (χ0) is 24.5. The van der Waals surface area contributed by atoms with Crippen LogP contribution in [-0.4, -0.2) is 43.0 Å². The summed E-state index contributed by atoms with van der Waals surface area (Å²) in [5.74, 6) is -1.32. The van der Waals surface area contributed by atoms with Crippen LogP contribution in [0.4, 0.5) is 5.69 Å². The Kier molecular flexibility index (Phi) is 6.34. The van der Waals surface area contributed by atoms with Crippen LogP contribution in [0, 0.1) is 5.41 Å². The molecule has 0 aliphatic carbocycles. The third-order valence-electron chi connectivity index (χ3n) is 5.03. The molecule has 0 spiro atoms. The fourth-order valence-electron chi connectivity index (χ4n) is 2.99. The van der Waals surface area contributed by atoms with Crippen LogP contribution in [0.2, 0.25) is 0 Å². The van der Waals surface area contributed by atoms with Crippen molar-refractivity contribution >= 4 is 34.5 Å². The number of hydrogen-bond acceptors (Lipinski definition) is 7. The van der Waals surface area contributed by atoms with Gasteiger partial charge in [-0.05, 0) is 24.3 Å². The first kappa shape index (κ1) is 23.6. The summed E-state index contributed by atoms with van der Waals surface area (Å²) in [6, 6.07) is 6.25. The first-order chi connectivity index (χ1) is 15.4. The number of anilines is 1. The number of nitrogens with one attached hydrogen (secondary N) is 1. The Morgan fingerprint density at radius 2 is 1.67 bits per heavy atom. The van der Waals surface area contributed by atoms with Crippen LogP contribution in [-0.2, 0) is 35.0 Å². The highest BCUT2D eigenvalue weighted by Gasteiger charge is 2.21. The molecular formula is C22H25N5O6. The quantitative estimate of drug-likeness (QED) is 0.430. The summed E-state index contributed by atoms with van der Waals surface area (Å²) >= 11 is 0. The van der Waals surface area contributed by atoms with E-state index in [2.05, 4.69) is 10.3 Å². The maximum Gasteiger partial charge on any atom is 0.332 e. The molecule has 2 aromatic heterocycles. The van der Waals surface area contributed by atoms with E-state index >= 15 is 0 Å². The molecule has 0 fully saturated rings. The van der Waals surface area contributed by atoms with E-state index in [0.29, 0.717) is 11.3 Å². The number of ketones is 1. The molecule has 1 aromatic carbocycles. The second-order valence-electron chi connectivity index (χ2n) is 8.62. The van der Waals surface area contributed by atoms with Gasteiger partial charge in [-0.3, -0.25) is 28.3 Å². The summed E-state index contributed by atoms with van der Waals surface area (Å²) in [6.07, 6.45) is 1.26. The lowest BCUT2D eigenvalue weighted by Gasteiger charge is -2.17. The summed E-state index contributed by atoms with van der Waals surface area (Å²) in [5, 5.41) is 2.76. The molecule has 0 radical (unpaired) electrons. The molecule has 174 valence electrons. The van der Waals surface area contributed by atoms with Gasteiger partial charge in [0.1, 0.15) is 6.54 Å². The SMILES string of the molecule is Cn1c(=O)c2c(ncn2CC(=O)OCC(=O)c2ccc(NC(=O)C(C)(C)C)cc2)n(C)c1=O. The van der Waals surface area contributed by atoms with Gasteiger partial charge < -0.3 is 14.6 Å². The molecule has 1 amide bonds. The van der Waals surface area contributed by atoms with Gasteiger partial charge in [-0.25, -0.2) is 9.78 Å². The smallest absolute Gasteiger partial charge is 0.332 e. The van der Waals surface area contributed by atoms with E-state index in [-0.39, 0.29) is 23.6 Å². The van der Waals surface area contributed by atoms with Crippen molar-refractivity contribution in [1.29, 1.82) is 0 Å². The van der Waals surface area contributed by atoms with Crippen LogP contribution in [0.5, 0.6) is 0 Å². The highest BCUT2D eigenvalue weighted by Crippen LogP contribution is 2.18. The Morgan fingerprint density at radius 3 is 2.27 bits per heavy atom. The zero-order valence-corrected chi connectivity index (χ0v) is 19.0. The number of carbonyl (C=O) groups is 3. The van der Waals surface area contributed by atoms with Crippen LogP contribution in [0.15, 0.2) is 40.2 Å². The third kappa shape index (κ3) is 4.92. The molecule has 0 saturated heterocycles. The van der Waals surface area contributed by atoms with Crippen molar-refractivity contribution in [2.75, 3.05) is 11.9 Å². The van der Waals surface area contributed by atoms with Crippen LogP contribution in [0.25, 0.3) is 11.2 Å². The average molecular weight is 455 g/mol. The van der Waals surface area contributed by atoms with E-state index in [1.807, 2.05) is 0 Å². The Morgan fingerprint density at radius 1 is 1.03 bits per heavy atom. The summed E-state index contributed by atoms with van der Waals surface area (Å²) in [4.78, 5) is 65.1. The predicted molar refractivity (Wildman–Crippen MR) is 120 cm³/mol. The second kappa shape index (κ2) is 8.85.